The van der Waals surface area contributed by atoms with Crippen LogP contribution in [-0.4, -0.2) is 32.7 Å². The van der Waals surface area contributed by atoms with Gasteiger partial charge < -0.3 is 19.2 Å². The third-order valence-electron chi connectivity index (χ3n) is 5.80. The first-order valence-corrected chi connectivity index (χ1v) is 11.0. The number of alkyl halides is 2. The van der Waals surface area contributed by atoms with E-state index in [1.165, 1.54) is 18.2 Å². The first kappa shape index (κ1) is 22.8. The normalized spacial score (nSPS) is 18.6. The molecular formula is C24H26F2N4O3. The van der Waals surface area contributed by atoms with Crippen LogP contribution < -0.4 is 10.1 Å². The van der Waals surface area contributed by atoms with Crippen LogP contribution in [0, 0.1) is 5.92 Å². The molecule has 1 aliphatic rings. The number of carbonyl (C=O) groups is 2. The van der Waals surface area contributed by atoms with Gasteiger partial charge in [-0.05, 0) is 51.7 Å². The Morgan fingerprint density at radius 2 is 1.94 bits per heavy atom. The van der Waals surface area contributed by atoms with E-state index >= 15 is 0 Å². The lowest BCUT2D eigenvalue weighted by atomic mass is 9.81. The number of carbonyl (C=O) groups excluding carboxylic acids is 2. The molecule has 7 nitrogen and oxygen atoms in total. The molecule has 33 heavy (non-hydrogen) atoms. The lowest BCUT2D eigenvalue weighted by molar-refractivity contribution is -0.111. The maximum atomic E-state index is 13.0. The molecule has 1 saturated carbocycles. The summed E-state index contributed by atoms with van der Waals surface area (Å²) in [7, 11) is 0. The average molecular weight is 456 g/mol. The number of nitrogens with one attached hydrogen (secondary N) is 1. The predicted octanol–water partition coefficient (Wildman–Crippen LogP) is 5.18. The van der Waals surface area contributed by atoms with E-state index < -0.39 is 18.0 Å². The maximum Gasteiger partial charge on any atom is 0.280 e. The minimum Gasteiger partial charge on any atom is -0.490 e. The van der Waals surface area contributed by atoms with Gasteiger partial charge in [0.1, 0.15) is 29.2 Å². The van der Waals surface area contributed by atoms with E-state index in [2.05, 4.69) is 10.3 Å². The van der Waals surface area contributed by atoms with Crippen LogP contribution in [0.4, 0.5) is 14.6 Å². The monoisotopic (exact) mass is 456 g/mol. The molecule has 3 aromatic rings. The van der Waals surface area contributed by atoms with Crippen molar-refractivity contribution in [3.8, 4) is 5.75 Å². The second kappa shape index (κ2) is 9.64. The van der Waals surface area contributed by atoms with Gasteiger partial charge in [-0.25, -0.2) is 18.7 Å². The van der Waals surface area contributed by atoms with Crippen molar-refractivity contribution in [2.75, 3.05) is 5.32 Å². The third-order valence-corrected chi connectivity index (χ3v) is 5.80. The lowest BCUT2D eigenvalue weighted by Crippen LogP contribution is -2.17. The number of rotatable bonds is 7. The van der Waals surface area contributed by atoms with Gasteiger partial charge in [0.25, 0.3) is 12.3 Å². The average Bonchev–Trinajstić information content (AvgIpc) is 3.21. The summed E-state index contributed by atoms with van der Waals surface area (Å²) in [6.07, 6.45) is 5.12. The van der Waals surface area contributed by atoms with Crippen molar-refractivity contribution in [1.29, 1.82) is 0 Å². The molecule has 0 aromatic carbocycles. The second-order valence-electron chi connectivity index (χ2n) is 8.60. The van der Waals surface area contributed by atoms with Crippen molar-refractivity contribution in [2.24, 2.45) is 5.92 Å². The van der Waals surface area contributed by atoms with E-state index in [9.17, 15) is 18.4 Å². The predicted molar refractivity (Wildman–Crippen MR) is 119 cm³/mol. The minimum absolute atomic E-state index is 0.0339. The van der Waals surface area contributed by atoms with Crippen LogP contribution in [0.5, 0.6) is 5.75 Å². The summed E-state index contributed by atoms with van der Waals surface area (Å²) < 4.78 is 33.6. The van der Waals surface area contributed by atoms with Gasteiger partial charge in [0.15, 0.2) is 0 Å². The van der Waals surface area contributed by atoms with Gasteiger partial charge in [0, 0.05) is 30.3 Å². The van der Waals surface area contributed by atoms with E-state index in [0.29, 0.717) is 11.4 Å². The number of nitrogens with zero attached hydrogens (tertiary/aromatic N) is 3. The summed E-state index contributed by atoms with van der Waals surface area (Å²) in [4.78, 5) is 32.6. The Morgan fingerprint density at radius 3 is 2.61 bits per heavy atom. The van der Waals surface area contributed by atoms with E-state index in [-0.39, 0.29) is 29.3 Å². The molecular weight excluding hydrogens is 430 g/mol. The van der Waals surface area contributed by atoms with Crippen LogP contribution in [-0.2, 0) is 4.79 Å². The highest BCUT2D eigenvalue weighted by Crippen LogP contribution is 2.35. The smallest absolute Gasteiger partial charge is 0.280 e. The number of ether oxygens (including phenoxy) is 1. The standard InChI is InChI=1S/C24H26F2N4O3/c1-14(2)33-20-10-22-28-19(16-8-6-15(13-31)7-9-16)12-30(22)11-17(20)24(32)29-21-5-3-4-18(27-21)23(25)26/h3-5,10-16,23H,6-9H2,1-2H3,(H,27,29,32)/t15-,16-. The van der Waals surface area contributed by atoms with Gasteiger partial charge in [0.2, 0.25) is 0 Å². The van der Waals surface area contributed by atoms with Gasteiger partial charge in [-0.1, -0.05) is 6.07 Å². The van der Waals surface area contributed by atoms with Crippen molar-refractivity contribution in [2.45, 2.75) is 58.0 Å². The zero-order valence-electron chi connectivity index (χ0n) is 18.5. The zero-order valence-corrected chi connectivity index (χ0v) is 18.5. The molecule has 0 unspecified atom stereocenters. The summed E-state index contributed by atoms with van der Waals surface area (Å²) in [5.74, 6) is 0.243. The molecule has 4 rings (SSSR count). The topological polar surface area (TPSA) is 85.6 Å². The Morgan fingerprint density at radius 1 is 1.18 bits per heavy atom. The molecule has 0 aliphatic heterocycles. The van der Waals surface area contributed by atoms with Crippen LogP contribution in [0.3, 0.4) is 0 Å². The highest BCUT2D eigenvalue weighted by atomic mass is 19.3. The van der Waals surface area contributed by atoms with Crippen molar-refractivity contribution < 1.29 is 23.1 Å². The summed E-state index contributed by atoms with van der Waals surface area (Å²) in [6, 6.07) is 5.78. The molecule has 0 radical (unpaired) electrons. The van der Waals surface area contributed by atoms with Gasteiger partial charge in [-0.3, -0.25) is 4.79 Å². The summed E-state index contributed by atoms with van der Waals surface area (Å²) in [5.41, 5.74) is 1.39. The summed E-state index contributed by atoms with van der Waals surface area (Å²) >= 11 is 0. The number of fused-ring (bicyclic) bond motifs is 1. The Kier molecular flexibility index (Phi) is 6.67. The van der Waals surface area contributed by atoms with E-state index in [1.54, 1.807) is 16.7 Å². The minimum atomic E-state index is -2.73. The van der Waals surface area contributed by atoms with Crippen molar-refractivity contribution in [1.82, 2.24) is 14.4 Å². The molecule has 1 amide bonds. The number of halogens is 2. The van der Waals surface area contributed by atoms with Gasteiger partial charge in [-0.15, -0.1) is 0 Å². The SMILES string of the molecule is CC(C)Oc1cc2nc([C@H]3CC[C@H](C=O)CC3)cn2cc1C(=O)Nc1cccc(C(F)F)n1. The van der Waals surface area contributed by atoms with Crippen LogP contribution in [0.2, 0.25) is 0 Å². The van der Waals surface area contributed by atoms with E-state index in [1.807, 2.05) is 20.0 Å². The van der Waals surface area contributed by atoms with Crippen molar-refractivity contribution in [3.05, 3.63) is 53.6 Å². The molecule has 0 spiro atoms. The van der Waals surface area contributed by atoms with E-state index in [4.69, 9.17) is 9.72 Å². The number of anilines is 1. The molecule has 3 aromatic heterocycles. The molecule has 3 heterocycles. The van der Waals surface area contributed by atoms with Crippen LogP contribution in [0.1, 0.15) is 73.6 Å². The fourth-order valence-electron chi connectivity index (χ4n) is 4.13. The summed E-state index contributed by atoms with van der Waals surface area (Å²) in [5, 5.41) is 2.58. The number of hydrogen-bond donors (Lipinski definition) is 1. The molecule has 1 fully saturated rings. The maximum absolute atomic E-state index is 13.0. The number of hydrogen-bond acceptors (Lipinski definition) is 5. The first-order chi connectivity index (χ1) is 15.8. The number of pyridine rings is 2. The number of imidazole rings is 1. The molecule has 1 N–H and O–H groups in total. The van der Waals surface area contributed by atoms with Crippen molar-refractivity contribution >= 4 is 23.7 Å². The molecule has 0 bridgehead atoms. The van der Waals surface area contributed by atoms with Crippen LogP contribution in [0.15, 0.2) is 36.7 Å². The largest absolute Gasteiger partial charge is 0.490 e. The number of aromatic nitrogens is 3. The zero-order chi connectivity index (χ0) is 23.5. The number of aldehydes is 1. The number of amides is 1. The van der Waals surface area contributed by atoms with Crippen molar-refractivity contribution in [3.63, 3.8) is 0 Å². The first-order valence-electron chi connectivity index (χ1n) is 11.0. The van der Waals surface area contributed by atoms with E-state index in [0.717, 1.165) is 37.7 Å². The molecule has 9 heteroatoms. The Bertz CT molecular complexity index is 1150. The quantitative estimate of drug-likeness (QED) is 0.495. The Labute approximate surface area is 190 Å². The Hall–Kier alpha value is -3.36. The van der Waals surface area contributed by atoms with Crippen LogP contribution in [0.25, 0.3) is 5.65 Å². The molecule has 0 atom stereocenters. The summed E-state index contributed by atoms with van der Waals surface area (Å²) in [6.45, 7) is 3.70. The lowest BCUT2D eigenvalue weighted by Gasteiger charge is -2.23. The second-order valence-corrected chi connectivity index (χ2v) is 8.60. The molecule has 0 saturated heterocycles. The Balaban J connectivity index is 1.63. The van der Waals surface area contributed by atoms with Gasteiger partial charge in [0.05, 0.1) is 17.4 Å². The highest BCUT2D eigenvalue weighted by Gasteiger charge is 2.25. The van der Waals surface area contributed by atoms with Gasteiger partial charge in [-0.2, -0.15) is 0 Å². The fraction of sp³-hybridized carbons (Fsp3) is 0.417. The third kappa shape index (κ3) is 5.18. The fourth-order valence-corrected chi connectivity index (χ4v) is 4.13. The van der Waals surface area contributed by atoms with Crippen LogP contribution >= 0.6 is 0 Å². The molecule has 1 aliphatic carbocycles. The molecule has 174 valence electrons. The highest BCUT2D eigenvalue weighted by molar-refractivity contribution is 6.05. The van der Waals surface area contributed by atoms with Gasteiger partial charge >= 0.3 is 0 Å².